The van der Waals surface area contributed by atoms with E-state index in [4.69, 9.17) is 0 Å². The van der Waals surface area contributed by atoms with E-state index < -0.39 is 17.8 Å². The molecule has 2 aromatic rings. The highest BCUT2D eigenvalue weighted by Gasteiger charge is 2.35. The van der Waals surface area contributed by atoms with Crippen molar-refractivity contribution >= 4 is 39.8 Å². The number of carboxylic acid groups (broad SMARTS) is 1. The van der Waals surface area contributed by atoms with Crippen LogP contribution in [0.15, 0.2) is 42.5 Å². The molecule has 2 amide bonds. The number of benzene rings is 1. The number of allylic oxidation sites excluding steroid dienone is 2. The Kier molecular flexibility index (Phi) is 6.23. The highest BCUT2D eigenvalue weighted by atomic mass is 32.1. The Morgan fingerprint density at radius 2 is 1.74 bits per heavy atom. The van der Waals surface area contributed by atoms with Crippen LogP contribution < -0.4 is 10.6 Å². The van der Waals surface area contributed by atoms with Crippen molar-refractivity contribution < 1.29 is 19.5 Å². The summed E-state index contributed by atoms with van der Waals surface area (Å²) in [4.78, 5) is 39.0. The number of rotatable bonds is 5. The third-order valence-corrected chi connectivity index (χ3v) is 7.26. The molecule has 6 nitrogen and oxygen atoms in total. The van der Waals surface area contributed by atoms with Gasteiger partial charge in [-0.3, -0.25) is 14.4 Å². The van der Waals surface area contributed by atoms with E-state index in [1.807, 2.05) is 42.5 Å². The Bertz CT molecular complexity index is 1030. The van der Waals surface area contributed by atoms with Crippen LogP contribution in [-0.4, -0.2) is 22.9 Å². The number of aliphatic carboxylic acids is 1. The highest BCUT2D eigenvalue weighted by molar-refractivity contribution is 7.17. The summed E-state index contributed by atoms with van der Waals surface area (Å²) in [6, 6.07) is 9.23. The summed E-state index contributed by atoms with van der Waals surface area (Å²) in [5.74, 6) is -2.42. The van der Waals surface area contributed by atoms with E-state index in [-0.39, 0.29) is 11.8 Å². The number of anilines is 2. The second kappa shape index (κ2) is 9.06. The van der Waals surface area contributed by atoms with E-state index in [0.717, 1.165) is 29.7 Å². The van der Waals surface area contributed by atoms with E-state index >= 15 is 0 Å². The molecule has 2 aliphatic carbocycles. The number of amides is 2. The average Bonchev–Trinajstić information content (AvgIpc) is 3.11. The van der Waals surface area contributed by atoms with Gasteiger partial charge in [-0.1, -0.05) is 37.3 Å². The Morgan fingerprint density at radius 1 is 1.03 bits per heavy atom. The summed E-state index contributed by atoms with van der Waals surface area (Å²) >= 11 is 1.45. The quantitative estimate of drug-likeness (QED) is 0.588. The fraction of sp³-hybridized carbons (Fsp3) is 0.375. The van der Waals surface area contributed by atoms with Gasteiger partial charge in [0.25, 0.3) is 5.91 Å². The molecule has 0 fully saturated rings. The van der Waals surface area contributed by atoms with Crippen molar-refractivity contribution in [3.63, 3.8) is 0 Å². The Labute approximate surface area is 185 Å². The number of thiophene rings is 1. The summed E-state index contributed by atoms with van der Waals surface area (Å²) in [6.07, 6.45) is 7.07. The zero-order valence-electron chi connectivity index (χ0n) is 17.4. The molecule has 7 heteroatoms. The number of hydrogen-bond acceptors (Lipinski definition) is 4. The molecule has 3 atom stereocenters. The topological polar surface area (TPSA) is 95.5 Å². The van der Waals surface area contributed by atoms with Gasteiger partial charge < -0.3 is 15.7 Å². The summed E-state index contributed by atoms with van der Waals surface area (Å²) in [5, 5.41) is 15.9. The van der Waals surface area contributed by atoms with Crippen molar-refractivity contribution in [2.24, 2.45) is 17.8 Å². The van der Waals surface area contributed by atoms with Crippen molar-refractivity contribution in [1.82, 2.24) is 0 Å². The summed E-state index contributed by atoms with van der Waals surface area (Å²) in [7, 11) is 0. The summed E-state index contributed by atoms with van der Waals surface area (Å²) in [6.45, 7) is 2.19. The van der Waals surface area contributed by atoms with Gasteiger partial charge in [0.2, 0.25) is 5.91 Å². The predicted octanol–water partition coefficient (Wildman–Crippen LogP) is 4.73. The lowest BCUT2D eigenvalue weighted by Crippen LogP contribution is -2.35. The normalized spacial score (nSPS) is 22.4. The van der Waals surface area contributed by atoms with Gasteiger partial charge in [0, 0.05) is 10.6 Å². The number of para-hydroxylation sites is 1. The molecule has 4 rings (SSSR count). The summed E-state index contributed by atoms with van der Waals surface area (Å²) in [5.41, 5.74) is 2.21. The molecule has 2 aliphatic rings. The average molecular weight is 439 g/mol. The molecule has 31 heavy (non-hydrogen) atoms. The molecule has 1 aromatic carbocycles. The van der Waals surface area contributed by atoms with Gasteiger partial charge in [-0.25, -0.2) is 0 Å². The molecule has 0 radical (unpaired) electrons. The first-order chi connectivity index (χ1) is 14.9. The molecular formula is C24H26N2O4S. The molecular weight excluding hydrogens is 412 g/mol. The van der Waals surface area contributed by atoms with Gasteiger partial charge in [0.05, 0.1) is 17.4 Å². The molecule has 3 N–H and O–H groups in total. The summed E-state index contributed by atoms with van der Waals surface area (Å²) < 4.78 is 0. The van der Waals surface area contributed by atoms with Crippen LogP contribution in [0.1, 0.15) is 47.0 Å². The maximum Gasteiger partial charge on any atom is 0.307 e. The fourth-order valence-electron chi connectivity index (χ4n) is 4.38. The zero-order chi connectivity index (χ0) is 22.0. The van der Waals surface area contributed by atoms with Gasteiger partial charge in [-0.2, -0.15) is 0 Å². The first-order valence-corrected chi connectivity index (χ1v) is 11.4. The van der Waals surface area contributed by atoms with Crippen LogP contribution in [0.3, 0.4) is 0 Å². The molecule has 0 aliphatic heterocycles. The van der Waals surface area contributed by atoms with Gasteiger partial charge in [-0.05, 0) is 55.7 Å². The maximum atomic E-state index is 13.2. The SMILES string of the molecule is C[C@@H]1CCc2c(sc(NC(=O)[C@H]3CC=CC[C@@H]3C(=O)O)c2C(=O)Nc2ccccc2)C1. The van der Waals surface area contributed by atoms with Gasteiger partial charge in [-0.15, -0.1) is 11.3 Å². The van der Waals surface area contributed by atoms with Crippen molar-refractivity contribution in [1.29, 1.82) is 0 Å². The zero-order valence-corrected chi connectivity index (χ0v) is 18.2. The molecule has 162 valence electrons. The minimum atomic E-state index is -0.967. The molecule has 0 saturated heterocycles. The van der Waals surface area contributed by atoms with Gasteiger partial charge in [0.1, 0.15) is 5.00 Å². The van der Waals surface area contributed by atoms with Crippen LogP contribution >= 0.6 is 11.3 Å². The lowest BCUT2D eigenvalue weighted by atomic mass is 9.82. The monoisotopic (exact) mass is 438 g/mol. The molecule has 1 heterocycles. The molecule has 0 spiro atoms. The molecule has 0 saturated carbocycles. The van der Waals surface area contributed by atoms with Crippen LogP contribution in [0.5, 0.6) is 0 Å². The van der Waals surface area contributed by atoms with Crippen molar-refractivity contribution in [2.45, 2.75) is 39.0 Å². The van der Waals surface area contributed by atoms with Crippen LogP contribution in [-0.2, 0) is 22.4 Å². The Morgan fingerprint density at radius 3 is 2.45 bits per heavy atom. The fourth-order valence-corrected chi connectivity index (χ4v) is 5.79. The number of nitrogens with one attached hydrogen (secondary N) is 2. The molecule has 1 aromatic heterocycles. The van der Waals surface area contributed by atoms with E-state index in [1.54, 1.807) is 0 Å². The third-order valence-electron chi connectivity index (χ3n) is 6.09. The van der Waals surface area contributed by atoms with E-state index in [2.05, 4.69) is 17.6 Å². The second-order valence-electron chi connectivity index (χ2n) is 8.36. The van der Waals surface area contributed by atoms with E-state index in [0.29, 0.717) is 35.0 Å². The number of hydrogen-bond donors (Lipinski definition) is 3. The van der Waals surface area contributed by atoms with Crippen LogP contribution in [0.25, 0.3) is 0 Å². The minimum Gasteiger partial charge on any atom is -0.481 e. The van der Waals surface area contributed by atoms with Crippen molar-refractivity contribution in [2.75, 3.05) is 10.6 Å². The predicted molar refractivity (Wildman–Crippen MR) is 122 cm³/mol. The lowest BCUT2D eigenvalue weighted by molar-refractivity contribution is -0.146. The number of carbonyl (C=O) groups is 3. The Hall–Kier alpha value is -2.93. The molecule has 0 unspecified atom stereocenters. The number of carbonyl (C=O) groups excluding carboxylic acids is 2. The highest BCUT2D eigenvalue weighted by Crippen LogP contribution is 2.40. The smallest absolute Gasteiger partial charge is 0.307 e. The first kappa shape index (κ1) is 21.3. The van der Waals surface area contributed by atoms with Crippen LogP contribution in [0.2, 0.25) is 0 Å². The maximum absolute atomic E-state index is 13.2. The van der Waals surface area contributed by atoms with E-state index in [9.17, 15) is 19.5 Å². The number of carboxylic acids is 1. The Balaban J connectivity index is 1.63. The first-order valence-electron chi connectivity index (χ1n) is 10.6. The standard InChI is InChI=1S/C24H26N2O4S/c1-14-11-12-18-19(13-14)31-23(20(18)22(28)25-15-7-3-2-4-8-15)26-21(27)16-9-5-6-10-17(16)24(29)30/h2-8,14,16-17H,9-13H2,1H3,(H,25,28)(H,26,27)(H,29,30)/t14-,16+,17+/m1/s1. The largest absolute Gasteiger partial charge is 0.481 e. The molecule has 0 bridgehead atoms. The van der Waals surface area contributed by atoms with Gasteiger partial charge >= 0.3 is 5.97 Å². The van der Waals surface area contributed by atoms with Crippen LogP contribution in [0, 0.1) is 17.8 Å². The minimum absolute atomic E-state index is 0.244. The van der Waals surface area contributed by atoms with E-state index in [1.165, 1.54) is 11.3 Å². The third kappa shape index (κ3) is 4.56. The second-order valence-corrected chi connectivity index (χ2v) is 9.46. The van der Waals surface area contributed by atoms with Gasteiger partial charge in [0.15, 0.2) is 0 Å². The van der Waals surface area contributed by atoms with Crippen molar-refractivity contribution in [3.8, 4) is 0 Å². The van der Waals surface area contributed by atoms with Crippen molar-refractivity contribution in [3.05, 3.63) is 58.5 Å². The van der Waals surface area contributed by atoms with Crippen LogP contribution in [0.4, 0.5) is 10.7 Å². The number of fused-ring (bicyclic) bond motifs is 1. The lowest BCUT2D eigenvalue weighted by Gasteiger charge is -2.24.